The van der Waals surface area contributed by atoms with Crippen LogP contribution in [-0.2, 0) is 11.2 Å². The highest BCUT2D eigenvalue weighted by Gasteiger charge is 2.18. The molecule has 1 heterocycles. The van der Waals surface area contributed by atoms with Crippen molar-refractivity contribution in [3.8, 4) is 0 Å². The normalized spacial score (nSPS) is 10.1. The van der Waals surface area contributed by atoms with Crippen LogP contribution in [0.5, 0.6) is 0 Å². The number of aromatic nitrogens is 1. The molecule has 6 nitrogen and oxygen atoms in total. The lowest BCUT2D eigenvalue weighted by Crippen LogP contribution is -2.35. The number of halogens is 1. The number of amides is 2. The molecular weight excluding hydrogens is 360 g/mol. The molecule has 0 aliphatic rings. The van der Waals surface area contributed by atoms with Crippen LogP contribution in [0.3, 0.4) is 0 Å². The van der Waals surface area contributed by atoms with E-state index in [1.54, 1.807) is 12.4 Å². The van der Waals surface area contributed by atoms with Gasteiger partial charge in [-0.25, -0.2) is 4.98 Å². The zero-order valence-corrected chi connectivity index (χ0v) is 16.2. The molecule has 0 radical (unpaired) electrons. The molecule has 0 saturated carbocycles. The Bertz CT molecular complexity index is 748. The molecule has 0 atom stereocenters. The minimum atomic E-state index is -0.273. The fourth-order valence-electron chi connectivity index (χ4n) is 2.21. The molecule has 0 bridgehead atoms. The largest absolute Gasteiger partial charge is 0.331 e. The fraction of sp³-hybridized carbons (Fsp3) is 0.353. The molecule has 1 aromatic heterocycles. The number of nitrogens with zero attached hydrogens (tertiary/aromatic N) is 2. The van der Waals surface area contributed by atoms with Gasteiger partial charge >= 0.3 is 0 Å². The van der Waals surface area contributed by atoms with Gasteiger partial charge in [0.25, 0.3) is 5.91 Å². The molecule has 0 aliphatic heterocycles. The molecule has 0 saturated heterocycles. The van der Waals surface area contributed by atoms with Crippen LogP contribution in [-0.4, -0.2) is 41.8 Å². The summed E-state index contributed by atoms with van der Waals surface area (Å²) in [4.78, 5) is 30.1. The smallest absolute Gasteiger partial charge is 0.273 e. The summed E-state index contributed by atoms with van der Waals surface area (Å²) in [5.74, 6) is -0.511. The molecule has 8 heteroatoms. The average molecular weight is 383 g/mol. The molecule has 136 valence electrons. The second kappa shape index (κ2) is 9.50. The summed E-state index contributed by atoms with van der Waals surface area (Å²) in [6.07, 6.45) is 0.648. The lowest BCUT2D eigenvalue weighted by atomic mass is 10.1. The topological polar surface area (TPSA) is 88.3 Å². The van der Waals surface area contributed by atoms with Gasteiger partial charge in [-0.2, -0.15) is 0 Å². The van der Waals surface area contributed by atoms with E-state index in [1.165, 1.54) is 16.2 Å². The zero-order chi connectivity index (χ0) is 17.7. The summed E-state index contributed by atoms with van der Waals surface area (Å²) < 4.78 is 0. The van der Waals surface area contributed by atoms with E-state index < -0.39 is 0 Å². The maximum absolute atomic E-state index is 12.3. The highest BCUT2D eigenvalue weighted by molar-refractivity contribution is 7.09. The molecule has 0 unspecified atom stereocenters. The Hall–Kier alpha value is -1.96. The first-order valence-electron chi connectivity index (χ1n) is 7.68. The van der Waals surface area contributed by atoms with E-state index in [0.717, 1.165) is 21.8 Å². The predicted molar refractivity (Wildman–Crippen MR) is 104 cm³/mol. The van der Waals surface area contributed by atoms with Crippen LogP contribution in [0, 0.1) is 13.8 Å². The van der Waals surface area contributed by atoms with Crippen LogP contribution >= 0.6 is 23.7 Å². The summed E-state index contributed by atoms with van der Waals surface area (Å²) in [5.41, 5.74) is 8.73. The van der Waals surface area contributed by atoms with E-state index >= 15 is 0 Å². The number of carbonyl (C=O) groups excluding carboxylic acids is 2. The van der Waals surface area contributed by atoms with Crippen LogP contribution in [0.4, 0.5) is 5.69 Å². The van der Waals surface area contributed by atoms with Crippen molar-refractivity contribution < 1.29 is 9.59 Å². The first kappa shape index (κ1) is 21.1. The molecular formula is C17H23ClN4O2S. The van der Waals surface area contributed by atoms with Gasteiger partial charge in [0.05, 0.1) is 11.6 Å². The Morgan fingerprint density at radius 1 is 1.32 bits per heavy atom. The van der Waals surface area contributed by atoms with Gasteiger partial charge in [-0.05, 0) is 37.6 Å². The van der Waals surface area contributed by atoms with E-state index in [4.69, 9.17) is 5.73 Å². The average Bonchev–Trinajstić information content (AvgIpc) is 3.00. The quantitative estimate of drug-likeness (QED) is 0.802. The highest BCUT2D eigenvalue weighted by atomic mass is 35.5. The van der Waals surface area contributed by atoms with Gasteiger partial charge < -0.3 is 16.0 Å². The number of rotatable bonds is 6. The molecule has 1 aromatic carbocycles. The first-order chi connectivity index (χ1) is 11.4. The summed E-state index contributed by atoms with van der Waals surface area (Å²) in [6.45, 7) is 4.40. The second-order valence-corrected chi connectivity index (χ2v) is 6.56. The van der Waals surface area contributed by atoms with Gasteiger partial charge in [-0.15, -0.1) is 23.7 Å². The van der Waals surface area contributed by atoms with Crippen LogP contribution in [0.15, 0.2) is 23.6 Å². The lowest BCUT2D eigenvalue weighted by molar-refractivity contribution is -0.116. The van der Waals surface area contributed by atoms with Crippen LogP contribution in [0.1, 0.15) is 26.6 Å². The third-order valence-corrected chi connectivity index (χ3v) is 4.64. The van der Waals surface area contributed by atoms with Crippen molar-refractivity contribution in [2.24, 2.45) is 5.73 Å². The number of hydrogen-bond donors (Lipinski definition) is 2. The monoisotopic (exact) mass is 382 g/mol. The molecule has 0 spiro atoms. The fourth-order valence-corrected chi connectivity index (χ4v) is 2.99. The van der Waals surface area contributed by atoms with E-state index in [0.29, 0.717) is 18.7 Å². The molecule has 2 amide bonds. The molecule has 0 aliphatic carbocycles. The lowest BCUT2D eigenvalue weighted by Gasteiger charge is -2.16. The molecule has 2 rings (SSSR count). The van der Waals surface area contributed by atoms with Crippen molar-refractivity contribution >= 4 is 41.2 Å². The van der Waals surface area contributed by atoms with E-state index in [2.05, 4.69) is 10.3 Å². The third-order valence-electron chi connectivity index (χ3n) is 3.74. The number of hydrogen-bond acceptors (Lipinski definition) is 5. The summed E-state index contributed by atoms with van der Waals surface area (Å²) >= 11 is 1.41. The summed E-state index contributed by atoms with van der Waals surface area (Å²) in [7, 11) is 1.59. The molecule has 25 heavy (non-hydrogen) atoms. The van der Waals surface area contributed by atoms with Crippen molar-refractivity contribution in [2.75, 3.05) is 25.5 Å². The Labute approximate surface area is 157 Å². The molecule has 0 fully saturated rings. The number of nitrogens with one attached hydrogen (secondary N) is 1. The van der Waals surface area contributed by atoms with E-state index in [9.17, 15) is 9.59 Å². The van der Waals surface area contributed by atoms with E-state index in [-0.39, 0.29) is 30.8 Å². The minimum absolute atomic E-state index is 0. The Morgan fingerprint density at radius 3 is 2.72 bits per heavy atom. The van der Waals surface area contributed by atoms with Gasteiger partial charge in [-0.1, -0.05) is 12.1 Å². The first-order valence-corrected chi connectivity index (χ1v) is 8.56. The van der Waals surface area contributed by atoms with Gasteiger partial charge in [-0.3, -0.25) is 9.59 Å². The van der Waals surface area contributed by atoms with Gasteiger partial charge in [0.15, 0.2) is 0 Å². The minimum Gasteiger partial charge on any atom is -0.331 e. The maximum atomic E-state index is 12.3. The third kappa shape index (κ3) is 5.52. The molecule has 3 N–H and O–H groups in total. The number of likely N-dealkylation sites (N-methyl/N-ethyl adjacent to an activating group) is 1. The number of anilines is 1. The summed E-state index contributed by atoms with van der Waals surface area (Å²) in [6, 6.07) is 5.73. The summed E-state index contributed by atoms with van der Waals surface area (Å²) in [5, 5.41) is 5.38. The zero-order valence-electron chi connectivity index (χ0n) is 14.5. The molecule has 2 aromatic rings. The van der Waals surface area contributed by atoms with Crippen LogP contribution in [0.25, 0.3) is 0 Å². The second-order valence-electron chi connectivity index (χ2n) is 5.62. The number of carbonyl (C=O) groups is 2. The Morgan fingerprint density at radius 2 is 2.04 bits per heavy atom. The number of thiazole rings is 1. The van der Waals surface area contributed by atoms with Crippen molar-refractivity contribution in [1.29, 1.82) is 0 Å². The number of benzene rings is 1. The number of aryl methyl sites for hydroxylation is 1. The van der Waals surface area contributed by atoms with Gasteiger partial charge in [0.2, 0.25) is 5.91 Å². The highest BCUT2D eigenvalue weighted by Crippen LogP contribution is 2.18. The predicted octanol–water partition coefficient (Wildman–Crippen LogP) is 2.39. The number of nitrogens with two attached hydrogens (primary N) is 1. The maximum Gasteiger partial charge on any atom is 0.273 e. The van der Waals surface area contributed by atoms with Crippen molar-refractivity contribution in [1.82, 2.24) is 9.88 Å². The SMILES string of the molecule is Cc1cccc(NC(=O)CN(C)C(=O)c2csc(CCN)n2)c1C.Cl. The Kier molecular flexibility index (Phi) is 8.02. The van der Waals surface area contributed by atoms with E-state index in [1.807, 2.05) is 32.0 Å². The Balaban J connectivity index is 0.00000312. The van der Waals surface area contributed by atoms with Gasteiger partial charge in [0, 0.05) is 24.5 Å². The van der Waals surface area contributed by atoms with Crippen LogP contribution in [0.2, 0.25) is 0 Å². The van der Waals surface area contributed by atoms with Crippen molar-refractivity contribution in [3.05, 3.63) is 45.4 Å². The standard InChI is InChI=1S/C17H22N4O2S.ClH/c1-11-5-4-6-13(12(11)2)19-15(22)9-21(3)17(23)14-10-24-16(20-14)7-8-18;/h4-6,10H,7-9,18H2,1-3H3,(H,19,22);1H. The van der Waals surface area contributed by atoms with Gasteiger partial charge in [0.1, 0.15) is 5.69 Å². The van der Waals surface area contributed by atoms with Crippen molar-refractivity contribution in [2.45, 2.75) is 20.3 Å². The van der Waals surface area contributed by atoms with Crippen LogP contribution < -0.4 is 11.1 Å². The van der Waals surface area contributed by atoms with Crippen molar-refractivity contribution in [3.63, 3.8) is 0 Å².